The van der Waals surface area contributed by atoms with Crippen LogP contribution in [0.15, 0.2) is 65.7 Å². The quantitative estimate of drug-likeness (QED) is 0.481. The molecule has 0 atom stereocenters. The molecule has 2 aromatic heterocycles. The van der Waals surface area contributed by atoms with Gasteiger partial charge in [0, 0.05) is 29.7 Å². The van der Waals surface area contributed by atoms with Gasteiger partial charge in [0.15, 0.2) is 11.5 Å². The van der Waals surface area contributed by atoms with E-state index in [1.165, 1.54) is 15.3 Å². The lowest BCUT2D eigenvalue weighted by Crippen LogP contribution is -2.28. The van der Waals surface area contributed by atoms with Gasteiger partial charge in [0.1, 0.15) is 17.8 Å². The normalized spacial score (nSPS) is 10.7. The summed E-state index contributed by atoms with van der Waals surface area (Å²) < 4.78 is 18.6. The molecule has 0 aliphatic rings. The molecule has 1 N–H and O–H groups in total. The van der Waals surface area contributed by atoms with Gasteiger partial charge in [-0.05, 0) is 36.4 Å². The lowest BCUT2D eigenvalue weighted by molar-refractivity contribution is -0.116. The zero-order valence-corrected chi connectivity index (χ0v) is 17.9. The zero-order chi connectivity index (χ0) is 22.7. The van der Waals surface area contributed by atoms with Gasteiger partial charge in [-0.1, -0.05) is 6.07 Å². The molecule has 0 saturated carbocycles. The molecule has 0 aliphatic carbocycles. The maximum absolute atomic E-state index is 12.9. The van der Waals surface area contributed by atoms with Crippen molar-refractivity contribution in [3.05, 3.63) is 71.3 Å². The Labute approximate surface area is 183 Å². The SMILES string of the molecule is COc1cccc(NC(=O)Cn2ccn3nc(-c4ccc(OC)c(OC)c4)cc3c2=O)c1. The molecule has 2 heterocycles. The van der Waals surface area contributed by atoms with Crippen molar-refractivity contribution in [2.75, 3.05) is 26.6 Å². The molecule has 4 aromatic rings. The summed E-state index contributed by atoms with van der Waals surface area (Å²) in [5.74, 6) is 1.46. The fourth-order valence-corrected chi connectivity index (χ4v) is 3.34. The van der Waals surface area contributed by atoms with Gasteiger partial charge in [-0.15, -0.1) is 0 Å². The maximum Gasteiger partial charge on any atom is 0.277 e. The van der Waals surface area contributed by atoms with Crippen molar-refractivity contribution in [2.24, 2.45) is 0 Å². The molecule has 0 saturated heterocycles. The van der Waals surface area contributed by atoms with Crippen LogP contribution in [0.3, 0.4) is 0 Å². The van der Waals surface area contributed by atoms with E-state index in [4.69, 9.17) is 14.2 Å². The number of aromatic nitrogens is 3. The molecular formula is C23H22N4O5. The van der Waals surface area contributed by atoms with Gasteiger partial charge in [0.05, 0.1) is 27.0 Å². The first kappa shape index (κ1) is 21.0. The van der Waals surface area contributed by atoms with Crippen LogP contribution in [0.25, 0.3) is 16.8 Å². The number of amides is 1. The number of methoxy groups -OCH3 is 3. The molecular weight excluding hydrogens is 412 g/mol. The lowest BCUT2D eigenvalue weighted by atomic mass is 10.1. The van der Waals surface area contributed by atoms with Crippen molar-refractivity contribution < 1.29 is 19.0 Å². The molecule has 0 fully saturated rings. The maximum atomic E-state index is 12.9. The van der Waals surface area contributed by atoms with Crippen LogP contribution in [-0.2, 0) is 11.3 Å². The molecule has 0 unspecified atom stereocenters. The number of carbonyl (C=O) groups is 1. The number of carbonyl (C=O) groups excluding carboxylic acids is 1. The zero-order valence-electron chi connectivity index (χ0n) is 17.9. The highest BCUT2D eigenvalue weighted by molar-refractivity contribution is 5.90. The number of hydrogen-bond acceptors (Lipinski definition) is 6. The van der Waals surface area contributed by atoms with E-state index in [9.17, 15) is 9.59 Å². The average Bonchev–Trinajstić information content (AvgIpc) is 3.25. The lowest BCUT2D eigenvalue weighted by Gasteiger charge is -2.08. The first-order valence-corrected chi connectivity index (χ1v) is 9.77. The van der Waals surface area contributed by atoms with Crippen molar-refractivity contribution in [3.63, 3.8) is 0 Å². The topological polar surface area (TPSA) is 96.1 Å². The number of anilines is 1. The fraction of sp³-hybridized carbons (Fsp3) is 0.174. The minimum atomic E-state index is -0.329. The second-order valence-electron chi connectivity index (χ2n) is 6.94. The third-order valence-corrected chi connectivity index (χ3v) is 4.95. The van der Waals surface area contributed by atoms with Crippen molar-refractivity contribution >= 4 is 17.1 Å². The molecule has 0 aliphatic heterocycles. The molecule has 9 heteroatoms. The highest BCUT2D eigenvalue weighted by Gasteiger charge is 2.13. The van der Waals surface area contributed by atoms with Crippen LogP contribution in [0, 0.1) is 0 Å². The first-order chi connectivity index (χ1) is 15.5. The van der Waals surface area contributed by atoms with Gasteiger partial charge in [-0.25, -0.2) is 4.52 Å². The van der Waals surface area contributed by atoms with Crippen LogP contribution >= 0.6 is 0 Å². The number of ether oxygens (including phenoxy) is 3. The monoisotopic (exact) mass is 434 g/mol. The van der Waals surface area contributed by atoms with Crippen LogP contribution in [0.4, 0.5) is 5.69 Å². The van der Waals surface area contributed by atoms with E-state index in [2.05, 4.69) is 10.4 Å². The van der Waals surface area contributed by atoms with E-state index in [0.717, 1.165) is 5.56 Å². The number of hydrogen-bond donors (Lipinski definition) is 1. The molecule has 32 heavy (non-hydrogen) atoms. The highest BCUT2D eigenvalue weighted by atomic mass is 16.5. The average molecular weight is 434 g/mol. The number of nitrogens with zero attached hydrogens (tertiary/aromatic N) is 3. The Morgan fingerprint density at radius 1 is 0.969 bits per heavy atom. The smallest absolute Gasteiger partial charge is 0.277 e. The molecule has 0 spiro atoms. The Balaban J connectivity index is 1.59. The molecule has 164 valence electrons. The summed E-state index contributed by atoms with van der Waals surface area (Å²) >= 11 is 0. The third-order valence-electron chi connectivity index (χ3n) is 4.95. The second kappa shape index (κ2) is 8.84. The van der Waals surface area contributed by atoms with Gasteiger partial charge >= 0.3 is 0 Å². The van der Waals surface area contributed by atoms with Gasteiger partial charge in [0.2, 0.25) is 5.91 Å². The summed E-state index contributed by atoms with van der Waals surface area (Å²) in [7, 11) is 4.67. The number of benzene rings is 2. The van der Waals surface area contributed by atoms with Crippen molar-refractivity contribution in [1.29, 1.82) is 0 Å². The van der Waals surface area contributed by atoms with E-state index in [1.54, 1.807) is 70.0 Å². The van der Waals surface area contributed by atoms with E-state index in [0.29, 0.717) is 34.1 Å². The Morgan fingerprint density at radius 3 is 2.53 bits per heavy atom. The summed E-state index contributed by atoms with van der Waals surface area (Å²) in [5.41, 5.74) is 1.98. The Kier molecular flexibility index (Phi) is 5.80. The van der Waals surface area contributed by atoms with Crippen LogP contribution in [0.1, 0.15) is 0 Å². The van der Waals surface area contributed by atoms with E-state index >= 15 is 0 Å². The fourth-order valence-electron chi connectivity index (χ4n) is 3.34. The molecule has 9 nitrogen and oxygen atoms in total. The van der Waals surface area contributed by atoms with E-state index in [1.807, 2.05) is 6.07 Å². The van der Waals surface area contributed by atoms with Crippen LogP contribution < -0.4 is 25.1 Å². The van der Waals surface area contributed by atoms with Gasteiger partial charge < -0.3 is 24.1 Å². The predicted octanol–water partition coefficient (Wildman–Crippen LogP) is 2.83. The summed E-state index contributed by atoms with van der Waals surface area (Å²) in [6.45, 7) is -0.136. The Bertz CT molecular complexity index is 1340. The molecule has 2 aromatic carbocycles. The number of fused-ring (bicyclic) bond motifs is 1. The molecule has 1 amide bonds. The number of nitrogens with one attached hydrogen (secondary N) is 1. The van der Waals surface area contributed by atoms with Crippen LogP contribution in [0.5, 0.6) is 17.2 Å². The largest absolute Gasteiger partial charge is 0.497 e. The summed E-state index contributed by atoms with van der Waals surface area (Å²) in [5, 5.41) is 7.24. The van der Waals surface area contributed by atoms with Crippen molar-refractivity contribution in [3.8, 4) is 28.5 Å². The molecule has 4 rings (SSSR count). The Morgan fingerprint density at radius 2 is 1.78 bits per heavy atom. The first-order valence-electron chi connectivity index (χ1n) is 9.77. The van der Waals surface area contributed by atoms with Crippen molar-refractivity contribution in [2.45, 2.75) is 6.54 Å². The van der Waals surface area contributed by atoms with Gasteiger partial charge in [-0.2, -0.15) is 5.10 Å². The van der Waals surface area contributed by atoms with Crippen molar-refractivity contribution in [1.82, 2.24) is 14.2 Å². The summed E-state index contributed by atoms with van der Waals surface area (Å²) in [4.78, 5) is 25.4. The standard InChI is InChI=1S/C23H22N4O5/c1-30-17-6-4-5-16(12-17)24-22(28)14-26-9-10-27-19(23(26)29)13-18(25-27)15-7-8-20(31-2)21(11-15)32-3/h4-13H,14H2,1-3H3,(H,24,28). The molecule has 0 radical (unpaired) electrons. The van der Waals surface area contributed by atoms with Gasteiger partial charge in [0.25, 0.3) is 5.56 Å². The number of rotatable bonds is 7. The predicted molar refractivity (Wildman–Crippen MR) is 120 cm³/mol. The van der Waals surface area contributed by atoms with Crippen LogP contribution in [0.2, 0.25) is 0 Å². The minimum Gasteiger partial charge on any atom is -0.497 e. The van der Waals surface area contributed by atoms with Gasteiger partial charge in [-0.3, -0.25) is 9.59 Å². The van der Waals surface area contributed by atoms with E-state index < -0.39 is 0 Å². The third kappa shape index (κ3) is 4.13. The second-order valence-corrected chi connectivity index (χ2v) is 6.94. The summed E-state index contributed by atoms with van der Waals surface area (Å²) in [6.07, 6.45) is 3.17. The molecule has 0 bridgehead atoms. The highest BCUT2D eigenvalue weighted by Crippen LogP contribution is 2.31. The van der Waals surface area contributed by atoms with Crippen LogP contribution in [-0.4, -0.2) is 41.4 Å². The summed E-state index contributed by atoms with van der Waals surface area (Å²) in [6, 6.07) is 14.1. The minimum absolute atomic E-state index is 0.136. The van der Waals surface area contributed by atoms with E-state index in [-0.39, 0.29) is 18.0 Å². The Hall–Kier alpha value is -4.27.